The zero-order chi connectivity index (χ0) is 22.7. The van der Waals surface area contributed by atoms with Crippen LogP contribution in [0.2, 0.25) is 0 Å². The molecule has 0 aliphatic rings. The number of aromatic nitrogens is 3. The highest BCUT2D eigenvalue weighted by Crippen LogP contribution is 2.25. The molecule has 0 saturated carbocycles. The number of carbonyl (C=O) groups excluding carboxylic acids is 1. The van der Waals surface area contributed by atoms with Crippen molar-refractivity contribution >= 4 is 22.5 Å². The fourth-order valence-corrected chi connectivity index (χ4v) is 3.69. The number of anilines is 1. The summed E-state index contributed by atoms with van der Waals surface area (Å²) in [7, 11) is 1.60. The van der Waals surface area contributed by atoms with E-state index >= 15 is 0 Å². The first-order valence-electron chi connectivity index (χ1n) is 10.5. The molecule has 4 rings (SSSR count). The molecule has 2 aromatic heterocycles. The van der Waals surface area contributed by atoms with Gasteiger partial charge in [0.05, 0.1) is 24.0 Å². The summed E-state index contributed by atoms with van der Waals surface area (Å²) in [5.41, 5.74) is 2.88. The number of rotatable bonds is 7. The van der Waals surface area contributed by atoms with E-state index in [2.05, 4.69) is 28.8 Å². The average molecular weight is 431 g/mol. The molecule has 7 heteroatoms. The van der Waals surface area contributed by atoms with Gasteiger partial charge in [-0.2, -0.15) is 5.10 Å². The maximum atomic E-state index is 12.8. The molecule has 32 heavy (non-hydrogen) atoms. The molecule has 164 valence electrons. The summed E-state index contributed by atoms with van der Waals surface area (Å²) in [6.07, 6.45) is 2.03. The summed E-state index contributed by atoms with van der Waals surface area (Å²) in [6.45, 7) is 5.06. The molecule has 0 spiro atoms. The lowest BCUT2D eigenvalue weighted by molar-refractivity contribution is -0.117. The smallest absolute Gasteiger partial charge is 0.267 e. The van der Waals surface area contributed by atoms with Crippen LogP contribution in [0, 0.1) is 5.92 Å². The predicted molar refractivity (Wildman–Crippen MR) is 126 cm³/mol. The predicted octanol–water partition coefficient (Wildman–Crippen LogP) is 4.17. The minimum absolute atomic E-state index is 0.175. The number of ether oxygens (including phenoxy) is 1. The minimum atomic E-state index is -0.335. The highest BCUT2D eigenvalue weighted by molar-refractivity contribution is 6.01. The van der Waals surface area contributed by atoms with Crippen LogP contribution < -0.4 is 15.6 Å². The van der Waals surface area contributed by atoms with Crippen LogP contribution in [0.3, 0.4) is 0 Å². The second-order valence-corrected chi connectivity index (χ2v) is 8.09. The van der Waals surface area contributed by atoms with Gasteiger partial charge in [0.1, 0.15) is 12.3 Å². The number of nitrogens with one attached hydrogen (secondary N) is 1. The van der Waals surface area contributed by atoms with Gasteiger partial charge in [-0.25, -0.2) is 4.68 Å². The van der Waals surface area contributed by atoms with E-state index in [1.165, 1.54) is 10.7 Å². The molecule has 1 amide bonds. The van der Waals surface area contributed by atoms with Gasteiger partial charge in [-0.1, -0.05) is 19.9 Å². The molecule has 0 unspecified atom stereocenters. The monoisotopic (exact) mass is 430 g/mol. The minimum Gasteiger partial charge on any atom is -0.497 e. The van der Waals surface area contributed by atoms with E-state index in [9.17, 15) is 9.59 Å². The Kier molecular flexibility index (Phi) is 6.07. The maximum Gasteiger partial charge on any atom is 0.267 e. The number of nitrogens with zero attached hydrogens (tertiary/aromatic N) is 3. The van der Waals surface area contributed by atoms with E-state index in [0.29, 0.717) is 11.6 Å². The molecular weight excluding hydrogens is 404 g/mol. The average Bonchev–Trinajstić information content (AvgIpc) is 3.18. The molecule has 0 bridgehead atoms. The summed E-state index contributed by atoms with van der Waals surface area (Å²) in [5, 5.41) is 8.28. The lowest BCUT2D eigenvalue weighted by atomic mass is 10.1. The second kappa shape index (κ2) is 9.09. The van der Waals surface area contributed by atoms with Crippen molar-refractivity contribution in [1.29, 1.82) is 0 Å². The van der Waals surface area contributed by atoms with Crippen LogP contribution in [0.4, 0.5) is 5.69 Å². The van der Waals surface area contributed by atoms with Gasteiger partial charge in [-0.3, -0.25) is 9.59 Å². The third-order valence-electron chi connectivity index (χ3n) is 5.20. The summed E-state index contributed by atoms with van der Waals surface area (Å²) < 4.78 is 8.54. The molecule has 4 aromatic rings. The SMILES string of the molecule is COc1ccc(-c2ccc(=O)n(CC(=O)Nc3cccc4c3ccn4CC(C)C)n2)cc1. The van der Waals surface area contributed by atoms with Crippen molar-refractivity contribution < 1.29 is 9.53 Å². The lowest BCUT2D eigenvalue weighted by Gasteiger charge is -2.11. The fraction of sp³-hybridized carbons (Fsp3) is 0.240. The van der Waals surface area contributed by atoms with Crippen LogP contribution in [-0.4, -0.2) is 27.4 Å². The molecule has 1 N–H and O–H groups in total. The van der Waals surface area contributed by atoms with Crippen LogP contribution in [-0.2, 0) is 17.9 Å². The quantitative estimate of drug-likeness (QED) is 0.477. The molecule has 0 radical (unpaired) electrons. The first-order valence-corrected chi connectivity index (χ1v) is 10.5. The van der Waals surface area contributed by atoms with Gasteiger partial charge in [0.15, 0.2) is 0 Å². The van der Waals surface area contributed by atoms with E-state index in [1.54, 1.807) is 13.2 Å². The number of hydrogen-bond donors (Lipinski definition) is 1. The fourth-order valence-electron chi connectivity index (χ4n) is 3.69. The normalized spacial score (nSPS) is 11.1. The Morgan fingerprint density at radius 3 is 2.56 bits per heavy atom. The summed E-state index contributed by atoms with van der Waals surface area (Å²) >= 11 is 0. The number of hydrogen-bond acceptors (Lipinski definition) is 4. The Morgan fingerprint density at radius 2 is 1.84 bits per heavy atom. The van der Waals surface area contributed by atoms with Crippen molar-refractivity contribution in [1.82, 2.24) is 14.3 Å². The maximum absolute atomic E-state index is 12.8. The summed E-state index contributed by atoms with van der Waals surface area (Å²) in [6, 6.07) is 18.3. The van der Waals surface area contributed by atoms with Crippen LogP contribution in [0.1, 0.15) is 13.8 Å². The van der Waals surface area contributed by atoms with Gasteiger partial charge in [0.25, 0.3) is 5.56 Å². The van der Waals surface area contributed by atoms with Gasteiger partial charge in [-0.05, 0) is 54.4 Å². The van der Waals surface area contributed by atoms with Crippen molar-refractivity contribution in [3.05, 3.63) is 77.2 Å². The van der Waals surface area contributed by atoms with Gasteiger partial charge in [0, 0.05) is 29.8 Å². The van der Waals surface area contributed by atoms with Crippen molar-refractivity contribution in [3.63, 3.8) is 0 Å². The van der Waals surface area contributed by atoms with Crippen LogP contribution in [0.5, 0.6) is 5.75 Å². The lowest BCUT2D eigenvalue weighted by Crippen LogP contribution is -2.29. The van der Waals surface area contributed by atoms with E-state index in [0.717, 1.165) is 34.4 Å². The van der Waals surface area contributed by atoms with Gasteiger partial charge < -0.3 is 14.6 Å². The third-order valence-corrected chi connectivity index (χ3v) is 5.20. The van der Waals surface area contributed by atoms with Crippen LogP contribution >= 0.6 is 0 Å². The Bertz CT molecular complexity index is 1300. The van der Waals surface area contributed by atoms with Gasteiger partial charge >= 0.3 is 0 Å². The highest BCUT2D eigenvalue weighted by atomic mass is 16.5. The topological polar surface area (TPSA) is 78.1 Å². The first kappa shape index (κ1) is 21.4. The van der Waals surface area contributed by atoms with E-state index < -0.39 is 0 Å². The Hall–Kier alpha value is -3.87. The molecule has 0 aliphatic heterocycles. The molecule has 0 fully saturated rings. The number of amides is 1. The van der Waals surface area contributed by atoms with Crippen molar-refractivity contribution in [2.24, 2.45) is 5.92 Å². The second-order valence-electron chi connectivity index (χ2n) is 8.09. The molecule has 2 aromatic carbocycles. The van der Waals surface area contributed by atoms with Crippen LogP contribution in [0.25, 0.3) is 22.2 Å². The molecule has 0 saturated heterocycles. The zero-order valence-electron chi connectivity index (χ0n) is 18.4. The van der Waals surface area contributed by atoms with E-state index in [-0.39, 0.29) is 18.0 Å². The van der Waals surface area contributed by atoms with E-state index in [1.807, 2.05) is 54.7 Å². The molecule has 2 heterocycles. The Morgan fingerprint density at radius 1 is 1.06 bits per heavy atom. The summed E-state index contributed by atoms with van der Waals surface area (Å²) in [5.74, 6) is 0.938. The number of benzene rings is 2. The zero-order valence-corrected chi connectivity index (χ0v) is 18.4. The molecule has 7 nitrogen and oxygen atoms in total. The van der Waals surface area contributed by atoms with E-state index in [4.69, 9.17) is 4.74 Å². The molecular formula is C25H26N4O3. The van der Waals surface area contributed by atoms with Gasteiger partial charge in [-0.15, -0.1) is 0 Å². The summed E-state index contributed by atoms with van der Waals surface area (Å²) in [4.78, 5) is 25.1. The Labute approximate surface area is 186 Å². The first-order chi connectivity index (χ1) is 15.4. The van der Waals surface area contributed by atoms with Crippen molar-refractivity contribution in [2.45, 2.75) is 26.9 Å². The number of fused-ring (bicyclic) bond motifs is 1. The number of methoxy groups -OCH3 is 1. The van der Waals surface area contributed by atoms with Crippen molar-refractivity contribution in [2.75, 3.05) is 12.4 Å². The molecule has 0 aliphatic carbocycles. The van der Waals surface area contributed by atoms with Crippen molar-refractivity contribution in [3.8, 4) is 17.0 Å². The third kappa shape index (κ3) is 4.56. The van der Waals surface area contributed by atoms with Crippen LogP contribution in [0.15, 0.2) is 71.7 Å². The molecule has 0 atom stereocenters. The number of carbonyl (C=O) groups is 1. The largest absolute Gasteiger partial charge is 0.497 e. The van der Waals surface area contributed by atoms with Gasteiger partial charge in [0.2, 0.25) is 5.91 Å². The Balaban J connectivity index is 1.54. The standard InChI is InChI=1S/C25H26N4O3/c1-17(2)15-28-14-13-20-22(5-4-6-23(20)28)26-24(30)16-29-25(31)12-11-21(27-29)18-7-9-19(32-3)10-8-18/h4-14,17H,15-16H2,1-3H3,(H,26,30). The highest BCUT2D eigenvalue weighted by Gasteiger charge is 2.12.